The second-order valence-electron chi connectivity index (χ2n) is 2.69. The quantitative estimate of drug-likeness (QED) is 0.724. The number of rotatable bonds is 2. The lowest BCUT2D eigenvalue weighted by molar-refractivity contribution is 0.602. The average Bonchev–Trinajstić information content (AvgIpc) is 2.51. The summed E-state index contributed by atoms with van der Waals surface area (Å²) < 4.78 is 5.11. The van der Waals surface area contributed by atoms with Gasteiger partial charge in [-0.3, -0.25) is 0 Å². The Bertz CT molecular complexity index is 381. The highest BCUT2D eigenvalue weighted by atomic mass is 16.3. The molecule has 0 atom stereocenters. The van der Waals surface area contributed by atoms with Crippen LogP contribution in [-0.4, -0.2) is 11.5 Å². The summed E-state index contributed by atoms with van der Waals surface area (Å²) in [6, 6.07) is 5.94. The lowest BCUT2D eigenvalue weighted by Gasteiger charge is -1.95. The highest BCUT2D eigenvalue weighted by Gasteiger charge is 1.98. The third-order valence-corrected chi connectivity index (χ3v) is 1.83. The molecule has 0 saturated carbocycles. The van der Waals surface area contributed by atoms with E-state index in [4.69, 9.17) is 10.2 Å². The molecule has 1 aromatic carbocycles. The number of nitrogens with zero attached hydrogens (tertiary/aromatic N) is 1. The van der Waals surface area contributed by atoms with E-state index >= 15 is 0 Å². The minimum Gasteiger partial charge on any atom is -0.443 e. The van der Waals surface area contributed by atoms with E-state index in [1.807, 2.05) is 18.2 Å². The van der Waals surface area contributed by atoms with Crippen LogP contribution in [0.1, 0.15) is 5.56 Å². The van der Waals surface area contributed by atoms with Crippen molar-refractivity contribution in [3.63, 3.8) is 0 Å². The third-order valence-electron chi connectivity index (χ3n) is 1.83. The lowest BCUT2D eigenvalue weighted by atomic mass is 10.1. The van der Waals surface area contributed by atoms with E-state index in [2.05, 4.69) is 4.98 Å². The van der Waals surface area contributed by atoms with Crippen molar-refractivity contribution >= 4 is 11.1 Å². The maximum Gasteiger partial charge on any atom is 0.181 e. The van der Waals surface area contributed by atoms with Crippen LogP contribution in [0.25, 0.3) is 11.1 Å². The van der Waals surface area contributed by atoms with E-state index in [0.29, 0.717) is 6.54 Å². The largest absolute Gasteiger partial charge is 0.443 e. The van der Waals surface area contributed by atoms with Gasteiger partial charge in [-0.25, -0.2) is 4.98 Å². The minimum atomic E-state index is 0.670. The number of hydrogen-bond donors (Lipinski definition) is 1. The lowest BCUT2D eigenvalue weighted by Crippen LogP contribution is -2.02. The molecular formula is C9H10N2O. The Kier molecular flexibility index (Phi) is 1.80. The van der Waals surface area contributed by atoms with Gasteiger partial charge in [0.25, 0.3) is 0 Å². The second kappa shape index (κ2) is 2.95. The van der Waals surface area contributed by atoms with E-state index in [9.17, 15) is 0 Å². The summed E-state index contributed by atoms with van der Waals surface area (Å²) in [4.78, 5) is 4.05. The van der Waals surface area contributed by atoms with Gasteiger partial charge in [0.2, 0.25) is 0 Å². The highest BCUT2D eigenvalue weighted by molar-refractivity contribution is 5.72. The molecule has 0 saturated heterocycles. The van der Waals surface area contributed by atoms with Gasteiger partial charge in [0.05, 0.1) is 0 Å². The molecule has 2 aromatic rings. The van der Waals surface area contributed by atoms with Gasteiger partial charge in [0.1, 0.15) is 5.52 Å². The molecule has 1 heterocycles. The second-order valence-corrected chi connectivity index (χ2v) is 2.69. The number of aromatic nitrogens is 1. The zero-order valence-corrected chi connectivity index (χ0v) is 6.66. The first kappa shape index (κ1) is 7.31. The Labute approximate surface area is 70.2 Å². The van der Waals surface area contributed by atoms with Gasteiger partial charge in [-0.2, -0.15) is 0 Å². The minimum absolute atomic E-state index is 0.670. The summed E-state index contributed by atoms with van der Waals surface area (Å²) in [6.45, 7) is 0.670. The van der Waals surface area contributed by atoms with Crippen molar-refractivity contribution in [1.29, 1.82) is 0 Å². The molecule has 1 aromatic heterocycles. The molecular weight excluding hydrogens is 152 g/mol. The van der Waals surface area contributed by atoms with Crippen molar-refractivity contribution in [2.45, 2.75) is 6.42 Å². The van der Waals surface area contributed by atoms with Crippen LogP contribution in [0.4, 0.5) is 0 Å². The standard InChI is InChI=1S/C9H10N2O/c10-4-3-7-1-2-9-8(5-7)11-6-12-9/h1-2,5-6H,3-4,10H2. The van der Waals surface area contributed by atoms with Gasteiger partial charge in [0.15, 0.2) is 12.0 Å². The van der Waals surface area contributed by atoms with Gasteiger partial charge in [0, 0.05) is 0 Å². The Morgan fingerprint density at radius 3 is 3.17 bits per heavy atom. The molecule has 3 nitrogen and oxygen atoms in total. The fourth-order valence-electron chi connectivity index (χ4n) is 1.23. The van der Waals surface area contributed by atoms with E-state index in [1.54, 1.807) is 0 Å². The fourth-order valence-corrected chi connectivity index (χ4v) is 1.23. The summed E-state index contributed by atoms with van der Waals surface area (Å²) >= 11 is 0. The molecule has 0 unspecified atom stereocenters. The molecule has 0 amide bonds. The average molecular weight is 162 g/mol. The zero-order chi connectivity index (χ0) is 8.39. The van der Waals surface area contributed by atoms with Crippen molar-refractivity contribution in [3.05, 3.63) is 30.2 Å². The third kappa shape index (κ3) is 1.19. The Morgan fingerprint density at radius 1 is 1.42 bits per heavy atom. The topological polar surface area (TPSA) is 52.0 Å². The van der Waals surface area contributed by atoms with Crippen LogP contribution in [0.15, 0.2) is 29.0 Å². The molecule has 12 heavy (non-hydrogen) atoms. The molecule has 0 aliphatic rings. The maximum atomic E-state index is 5.44. The number of oxazole rings is 1. The van der Waals surface area contributed by atoms with Crippen LogP contribution < -0.4 is 5.73 Å². The number of benzene rings is 1. The molecule has 0 spiro atoms. The van der Waals surface area contributed by atoms with Crippen molar-refractivity contribution in [1.82, 2.24) is 4.98 Å². The Balaban J connectivity index is 2.46. The molecule has 2 N–H and O–H groups in total. The first-order chi connectivity index (χ1) is 5.90. The van der Waals surface area contributed by atoms with Gasteiger partial charge < -0.3 is 10.2 Å². The Hall–Kier alpha value is -1.35. The van der Waals surface area contributed by atoms with Crippen molar-refractivity contribution in [3.8, 4) is 0 Å². The zero-order valence-electron chi connectivity index (χ0n) is 6.66. The summed E-state index contributed by atoms with van der Waals surface area (Å²) in [5, 5.41) is 0. The predicted molar refractivity (Wildman–Crippen MR) is 46.8 cm³/mol. The maximum absolute atomic E-state index is 5.44. The fraction of sp³-hybridized carbons (Fsp3) is 0.222. The number of fused-ring (bicyclic) bond motifs is 1. The molecule has 3 heteroatoms. The first-order valence-electron chi connectivity index (χ1n) is 3.92. The van der Waals surface area contributed by atoms with Crippen molar-refractivity contribution in [2.24, 2.45) is 5.73 Å². The van der Waals surface area contributed by atoms with Crippen molar-refractivity contribution in [2.75, 3.05) is 6.54 Å². The molecule has 62 valence electrons. The normalized spacial score (nSPS) is 10.8. The monoisotopic (exact) mass is 162 g/mol. The molecule has 0 fully saturated rings. The van der Waals surface area contributed by atoms with E-state index in [0.717, 1.165) is 17.5 Å². The molecule has 0 aliphatic carbocycles. The predicted octanol–water partition coefficient (Wildman–Crippen LogP) is 1.33. The SMILES string of the molecule is NCCc1ccc2ocnc2c1. The summed E-state index contributed by atoms with van der Waals surface area (Å²) in [6.07, 6.45) is 2.35. The van der Waals surface area contributed by atoms with Gasteiger partial charge in [-0.15, -0.1) is 0 Å². The van der Waals surface area contributed by atoms with E-state index < -0.39 is 0 Å². The smallest absolute Gasteiger partial charge is 0.181 e. The van der Waals surface area contributed by atoms with E-state index in [-0.39, 0.29) is 0 Å². The van der Waals surface area contributed by atoms with Crippen LogP contribution in [0.3, 0.4) is 0 Å². The molecule has 0 bridgehead atoms. The summed E-state index contributed by atoms with van der Waals surface area (Å²) in [7, 11) is 0. The van der Waals surface area contributed by atoms with Crippen molar-refractivity contribution < 1.29 is 4.42 Å². The molecule has 0 radical (unpaired) electrons. The van der Waals surface area contributed by atoms with Crippen LogP contribution in [0.2, 0.25) is 0 Å². The van der Waals surface area contributed by atoms with Crippen LogP contribution >= 0.6 is 0 Å². The first-order valence-corrected chi connectivity index (χ1v) is 3.92. The van der Waals surface area contributed by atoms with Crippen LogP contribution in [0.5, 0.6) is 0 Å². The molecule has 0 aliphatic heterocycles. The van der Waals surface area contributed by atoms with Gasteiger partial charge >= 0.3 is 0 Å². The highest BCUT2D eigenvalue weighted by Crippen LogP contribution is 2.13. The number of nitrogens with two attached hydrogens (primary N) is 1. The summed E-state index contributed by atoms with van der Waals surface area (Å²) in [5.74, 6) is 0. The van der Waals surface area contributed by atoms with E-state index in [1.165, 1.54) is 12.0 Å². The van der Waals surface area contributed by atoms with Crippen LogP contribution in [0, 0.1) is 0 Å². The number of hydrogen-bond acceptors (Lipinski definition) is 3. The van der Waals surface area contributed by atoms with Gasteiger partial charge in [-0.05, 0) is 30.7 Å². The Morgan fingerprint density at radius 2 is 2.33 bits per heavy atom. The molecule has 2 rings (SSSR count). The van der Waals surface area contributed by atoms with Crippen LogP contribution in [-0.2, 0) is 6.42 Å². The summed E-state index contributed by atoms with van der Waals surface area (Å²) in [5.41, 5.74) is 8.38. The van der Waals surface area contributed by atoms with Gasteiger partial charge in [-0.1, -0.05) is 6.07 Å².